The van der Waals surface area contributed by atoms with Gasteiger partial charge in [0.1, 0.15) is 5.58 Å². The van der Waals surface area contributed by atoms with Gasteiger partial charge >= 0.3 is 0 Å². The number of rotatable bonds is 2. The summed E-state index contributed by atoms with van der Waals surface area (Å²) in [6, 6.07) is 6.96. The van der Waals surface area contributed by atoms with Crippen molar-refractivity contribution in [3.63, 3.8) is 0 Å². The molecule has 1 aromatic heterocycles. The minimum Gasteiger partial charge on any atom is -0.464 e. The quantitative estimate of drug-likeness (QED) is 0.723. The molecule has 4 nitrogen and oxygen atoms in total. The zero-order valence-corrected chi connectivity index (χ0v) is 7.38. The summed E-state index contributed by atoms with van der Waals surface area (Å²) >= 11 is -2.03. The molecule has 2 rings (SSSR count). The van der Waals surface area contributed by atoms with E-state index in [9.17, 15) is 4.21 Å². The number of anilines is 1. The molecule has 2 N–H and O–H groups in total. The van der Waals surface area contributed by atoms with E-state index in [1.807, 2.05) is 0 Å². The van der Waals surface area contributed by atoms with Crippen molar-refractivity contribution in [1.29, 1.82) is 0 Å². The lowest BCUT2D eigenvalue weighted by Crippen LogP contribution is -2.00. The summed E-state index contributed by atoms with van der Waals surface area (Å²) in [6.45, 7) is 0. The number of fused-ring (bicyclic) bond motifs is 1. The summed E-state index contributed by atoms with van der Waals surface area (Å²) in [7, 11) is 0. The van der Waals surface area contributed by atoms with Crippen LogP contribution < -0.4 is 4.72 Å². The van der Waals surface area contributed by atoms with E-state index in [1.54, 1.807) is 30.5 Å². The van der Waals surface area contributed by atoms with Crippen LogP contribution in [0.15, 0.2) is 34.9 Å². The molecule has 0 amide bonds. The van der Waals surface area contributed by atoms with Crippen molar-refractivity contribution in [2.45, 2.75) is 0 Å². The average Bonchev–Trinajstić information content (AvgIpc) is 2.49. The molecule has 0 aliphatic rings. The summed E-state index contributed by atoms with van der Waals surface area (Å²) in [5.74, 6) is 0. The van der Waals surface area contributed by atoms with Gasteiger partial charge in [0.25, 0.3) is 11.3 Å². The Hall–Kier alpha value is -1.33. The molecule has 0 aliphatic carbocycles. The fraction of sp³-hybridized carbons (Fsp3) is 0. The van der Waals surface area contributed by atoms with E-state index in [2.05, 4.69) is 4.72 Å². The first kappa shape index (κ1) is 8.28. The van der Waals surface area contributed by atoms with Gasteiger partial charge in [0.2, 0.25) is 0 Å². The minimum absolute atomic E-state index is 0.592. The van der Waals surface area contributed by atoms with Gasteiger partial charge in [-0.15, -0.1) is 0 Å². The van der Waals surface area contributed by atoms with Gasteiger partial charge in [0.15, 0.2) is 0 Å². The van der Waals surface area contributed by atoms with Crippen molar-refractivity contribution in [3.8, 4) is 0 Å². The number of hydrogen-bond acceptors (Lipinski definition) is 2. The molecule has 1 aromatic carbocycles. The SMILES string of the molecule is O=S(O)Nc1ccc2occc2c1. The standard InChI is InChI=1S/C8H7NO3S/c10-13(11)9-7-1-2-8-6(5-7)3-4-12-8/h1-5,9H,(H,10,11). The maximum absolute atomic E-state index is 10.4. The Morgan fingerprint density at radius 1 is 1.38 bits per heavy atom. The largest absolute Gasteiger partial charge is 0.464 e. The first-order chi connectivity index (χ1) is 6.25. The predicted octanol–water partition coefficient (Wildman–Crippen LogP) is 1.98. The van der Waals surface area contributed by atoms with Crippen molar-refractivity contribution >= 4 is 27.9 Å². The van der Waals surface area contributed by atoms with E-state index in [-0.39, 0.29) is 0 Å². The fourth-order valence-electron chi connectivity index (χ4n) is 1.13. The third-order valence-electron chi connectivity index (χ3n) is 1.66. The van der Waals surface area contributed by atoms with Crippen molar-refractivity contribution in [2.24, 2.45) is 0 Å². The van der Waals surface area contributed by atoms with E-state index < -0.39 is 11.3 Å². The summed E-state index contributed by atoms with van der Waals surface area (Å²) in [5.41, 5.74) is 1.35. The van der Waals surface area contributed by atoms with E-state index >= 15 is 0 Å². The van der Waals surface area contributed by atoms with Gasteiger partial charge in [-0.2, -0.15) is 0 Å². The average molecular weight is 197 g/mol. The molecule has 0 saturated carbocycles. The first-order valence-corrected chi connectivity index (χ1v) is 4.71. The zero-order valence-electron chi connectivity index (χ0n) is 6.56. The van der Waals surface area contributed by atoms with Gasteiger partial charge in [0, 0.05) is 11.1 Å². The molecule has 0 radical (unpaired) electrons. The van der Waals surface area contributed by atoms with Crippen LogP contribution in [0, 0.1) is 0 Å². The Kier molecular flexibility index (Phi) is 2.03. The molecular formula is C8H7NO3S. The molecule has 1 atom stereocenters. The smallest absolute Gasteiger partial charge is 0.259 e. The Balaban J connectivity index is 2.42. The van der Waals surface area contributed by atoms with Gasteiger partial charge in [0.05, 0.1) is 6.26 Å². The van der Waals surface area contributed by atoms with Gasteiger partial charge in [-0.3, -0.25) is 9.27 Å². The first-order valence-electron chi connectivity index (χ1n) is 3.60. The molecular weight excluding hydrogens is 190 g/mol. The van der Waals surface area contributed by atoms with E-state index in [4.69, 9.17) is 8.97 Å². The third kappa shape index (κ3) is 1.71. The molecule has 0 fully saturated rings. The second-order valence-electron chi connectivity index (χ2n) is 2.52. The summed E-state index contributed by atoms with van der Waals surface area (Å²) < 4.78 is 26.5. The lowest BCUT2D eigenvalue weighted by molar-refractivity contribution is 0.570. The predicted molar refractivity (Wildman–Crippen MR) is 50.6 cm³/mol. The number of hydrogen-bond donors (Lipinski definition) is 2. The van der Waals surface area contributed by atoms with Crippen LogP contribution in [-0.4, -0.2) is 8.76 Å². The Bertz CT molecular complexity index is 451. The molecule has 1 heterocycles. The second-order valence-corrected chi connectivity index (χ2v) is 3.23. The number of benzene rings is 1. The summed E-state index contributed by atoms with van der Waals surface area (Å²) in [6.07, 6.45) is 1.57. The van der Waals surface area contributed by atoms with Gasteiger partial charge in [-0.05, 0) is 24.3 Å². The van der Waals surface area contributed by atoms with Crippen LogP contribution in [0.4, 0.5) is 5.69 Å². The molecule has 0 spiro atoms. The van der Waals surface area contributed by atoms with E-state index in [0.29, 0.717) is 5.69 Å². The lowest BCUT2D eigenvalue weighted by atomic mass is 10.2. The van der Waals surface area contributed by atoms with Crippen molar-refractivity contribution < 1.29 is 13.2 Å². The zero-order chi connectivity index (χ0) is 9.26. The van der Waals surface area contributed by atoms with Crippen molar-refractivity contribution in [2.75, 3.05) is 4.72 Å². The van der Waals surface area contributed by atoms with Crippen LogP contribution in [0.25, 0.3) is 11.0 Å². The fourth-order valence-corrected chi connectivity index (χ4v) is 1.46. The monoisotopic (exact) mass is 197 g/mol. The highest BCUT2D eigenvalue weighted by molar-refractivity contribution is 7.80. The molecule has 5 heteroatoms. The third-order valence-corrected chi connectivity index (χ3v) is 2.07. The minimum atomic E-state index is -2.03. The maximum Gasteiger partial charge on any atom is 0.259 e. The number of nitrogens with one attached hydrogen (secondary N) is 1. The molecule has 0 aliphatic heterocycles. The van der Waals surface area contributed by atoms with Crippen LogP contribution in [0.1, 0.15) is 0 Å². The highest BCUT2D eigenvalue weighted by Gasteiger charge is 1.99. The lowest BCUT2D eigenvalue weighted by Gasteiger charge is -1.99. The highest BCUT2D eigenvalue weighted by Crippen LogP contribution is 2.19. The molecule has 68 valence electrons. The van der Waals surface area contributed by atoms with Crippen LogP contribution in [-0.2, 0) is 11.3 Å². The Labute approximate surface area is 77.0 Å². The summed E-state index contributed by atoms with van der Waals surface area (Å²) in [4.78, 5) is 0. The van der Waals surface area contributed by atoms with E-state index in [1.165, 1.54) is 0 Å². The molecule has 1 unspecified atom stereocenters. The molecule has 0 bridgehead atoms. The Morgan fingerprint density at radius 2 is 2.23 bits per heavy atom. The van der Waals surface area contributed by atoms with Crippen LogP contribution in [0.3, 0.4) is 0 Å². The molecule has 13 heavy (non-hydrogen) atoms. The van der Waals surface area contributed by atoms with Crippen LogP contribution in [0.5, 0.6) is 0 Å². The van der Waals surface area contributed by atoms with Crippen molar-refractivity contribution in [3.05, 3.63) is 30.5 Å². The second kappa shape index (κ2) is 3.20. The normalized spacial score (nSPS) is 13.0. The van der Waals surface area contributed by atoms with Crippen LogP contribution in [0.2, 0.25) is 0 Å². The van der Waals surface area contributed by atoms with Gasteiger partial charge in [-0.1, -0.05) is 0 Å². The molecule has 0 saturated heterocycles. The highest BCUT2D eigenvalue weighted by atomic mass is 32.2. The Morgan fingerprint density at radius 3 is 3.00 bits per heavy atom. The maximum atomic E-state index is 10.4. The van der Waals surface area contributed by atoms with Gasteiger partial charge in [-0.25, -0.2) is 4.21 Å². The van der Waals surface area contributed by atoms with Gasteiger partial charge < -0.3 is 4.42 Å². The van der Waals surface area contributed by atoms with Crippen molar-refractivity contribution in [1.82, 2.24) is 0 Å². The number of furan rings is 1. The van der Waals surface area contributed by atoms with E-state index in [0.717, 1.165) is 11.0 Å². The van der Waals surface area contributed by atoms with Crippen LogP contribution >= 0.6 is 0 Å². The summed E-state index contributed by atoms with van der Waals surface area (Å²) in [5, 5.41) is 0.899. The topological polar surface area (TPSA) is 62.5 Å². The molecule has 2 aromatic rings.